The third-order valence-corrected chi connectivity index (χ3v) is 4.17. The molecule has 5 atom stereocenters. The standard InChI is InChI=1S/C17H27N7O7/c1-7(14(27)24-13(8(2)25)17(30)31)22-16(29)11(3-9-5-20-6-21-9)23-15(28)10(18)4-12(19)26/h5-8,10-11,13,25H,3-4,18H2,1-2H3,(H2,19,26)(H,20,21)(H,22,29)(H,23,28)(H,24,27)(H,30,31). The van der Waals surface area contributed by atoms with Crippen LogP contribution in [0.4, 0.5) is 0 Å². The van der Waals surface area contributed by atoms with Crippen LogP contribution in [-0.4, -0.2) is 80.1 Å². The molecule has 14 nitrogen and oxygen atoms in total. The van der Waals surface area contributed by atoms with Gasteiger partial charge in [-0.05, 0) is 13.8 Å². The van der Waals surface area contributed by atoms with Gasteiger partial charge in [-0.2, -0.15) is 0 Å². The summed E-state index contributed by atoms with van der Waals surface area (Å²) >= 11 is 0. The van der Waals surface area contributed by atoms with E-state index in [9.17, 15) is 29.1 Å². The summed E-state index contributed by atoms with van der Waals surface area (Å²) in [6, 6.07) is -5.25. The molecule has 5 unspecified atom stereocenters. The number of aromatic nitrogens is 2. The number of aromatic amines is 1. The van der Waals surface area contributed by atoms with Gasteiger partial charge in [0.05, 0.1) is 24.9 Å². The second kappa shape index (κ2) is 11.6. The summed E-state index contributed by atoms with van der Waals surface area (Å²) in [7, 11) is 0. The molecule has 0 aliphatic carbocycles. The first-order chi connectivity index (χ1) is 14.4. The number of hydrogen-bond donors (Lipinski definition) is 8. The third kappa shape index (κ3) is 8.39. The number of nitrogens with zero attached hydrogens (tertiary/aromatic N) is 1. The maximum atomic E-state index is 12.7. The van der Waals surface area contributed by atoms with E-state index in [2.05, 4.69) is 25.9 Å². The second-order valence-corrected chi connectivity index (χ2v) is 6.91. The van der Waals surface area contributed by atoms with Gasteiger partial charge in [0, 0.05) is 18.3 Å². The van der Waals surface area contributed by atoms with E-state index in [1.807, 2.05) is 0 Å². The molecule has 0 aromatic carbocycles. The minimum absolute atomic E-state index is 0.0410. The lowest BCUT2D eigenvalue weighted by Crippen LogP contribution is -2.58. The van der Waals surface area contributed by atoms with E-state index in [0.29, 0.717) is 5.69 Å². The third-order valence-electron chi connectivity index (χ3n) is 4.17. The van der Waals surface area contributed by atoms with Crippen molar-refractivity contribution < 1.29 is 34.2 Å². The van der Waals surface area contributed by atoms with E-state index in [-0.39, 0.29) is 6.42 Å². The zero-order valence-corrected chi connectivity index (χ0v) is 17.0. The average Bonchev–Trinajstić information content (AvgIpc) is 3.17. The summed E-state index contributed by atoms with van der Waals surface area (Å²) in [5, 5.41) is 25.3. The lowest BCUT2D eigenvalue weighted by molar-refractivity contribution is -0.145. The number of carbonyl (C=O) groups is 5. The molecule has 0 saturated heterocycles. The van der Waals surface area contributed by atoms with Crippen molar-refractivity contribution in [2.45, 2.75) is 57.0 Å². The van der Waals surface area contributed by atoms with E-state index < -0.39 is 66.3 Å². The Bertz CT molecular complexity index is 797. The summed E-state index contributed by atoms with van der Waals surface area (Å²) in [6.07, 6.45) is 0.942. The highest BCUT2D eigenvalue weighted by atomic mass is 16.4. The molecule has 31 heavy (non-hydrogen) atoms. The lowest BCUT2D eigenvalue weighted by atomic mass is 10.1. The molecule has 0 aliphatic rings. The summed E-state index contributed by atoms with van der Waals surface area (Å²) in [5.41, 5.74) is 11.1. The average molecular weight is 441 g/mol. The van der Waals surface area contributed by atoms with Crippen molar-refractivity contribution in [3.05, 3.63) is 18.2 Å². The van der Waals surface area contributed by atoms with E-state index in [4.69, 9.17) is 16.6 Å². The normalized spacial score (nSPS) is 15.6. The number of primary amides is 1. The molecule has 0 radical (unpaired) electrons. The fourth-order valence-corrected chi connectivity index (χ4v) is 2.46. The number of rotatable bonds is 12. The van der Waals surface area contributed by atoms with Crippen molar-refractivity contribution in [1.82, 2.24) is 25.9 Å². The Hall–Kier alpha value is -3.52. The van der Waals surface area contributed by atoms with Crippen LogP contribution in [0.3, 0.4) is 0 Å². The van der Waals surface area contributed by atoms with Gasteiger partial charge < -0.3 is 42.6 Å². The number of nitrogens with two attached hydrogens (primary N) is 2. The number of hydrogen-bond acceptors (Lipinski definition) is 8. The highest BCUT2D eigenvalue weighted by Crippen LogP contribution is 2.02. The van der Waals surface area contributed by atoms with Gasteiger partial charge in [0.2, 0.25) is 23.6 Å². The molecule has 4 amide bonds. The van der Waals surface area contributed by atoms with Crippen LogP contribution in [0.5, 0.6) is 0 Å². The van der Waals surface area contributed by atoms with E-state index in [1.165, 1.54) is 26.4 Å². The van der Waals surface area contributed by atoms with Gasteiger partial charge in [0.25, 0.3) is 0 Å². The van der Waals surface area contributed by atoms with E-state index in [1.54, 1.807) is 0 Å². The largest absolute Gasteiger partial charge is 0.480 e. The SMILES string of the molecule is CC(NC(=O)C(Cc1cnc[nH]1)NC(=O)C(N)CC(N)=O)C(=O)NC(C(=O)O)C(C)O. The monoisotopic (exact) mass is 441 g/mol. The van der Waals surface area contributed by atoms with Crippen molar-refractivity contribution in [2.24, 2.45) is 11.5 Å². The number of imidazole rings is 1. The summed E-state index contributed by atoms with van der Waals surface area (Å²) in [6.45, 7) is 2.48. The number of aliphatic hydroxyl groups excluding tert-OH is 1. The van der Waals surface area contributed by atoms with Crippen LogP contribution in [0.25, 0.3) is 0 Å². The van der Waals surface area contributed by atoms with Crippen LogP contribution in [0, 0.1) is 0 Å². The van der Waals surface area contributed by atoms with Crippen molar-refractivity contribution in [3.8, 4) is 0 Å². The molecule has 0 bridgehead atoms. The minimum Gasteiger partial charge on any atom is -0.480 e. The maximum Gasteiger partial charge on any atom is 0.328 e. The predicted molar refractivity (Wildman–Crippen MR) is 105 cm³/mol. The Morgan fingerprint density at radius 3 is 2.23 bits per heavy atom. The first kappa shape index (κ1) is 25.5. The quantitative estimate of drug-likeness (QED) is 0.158. The number of carboxylic acid groups (broad SMARTS) is 1. The second-order valence-electron chi connectivity index (χ2n) is 6.91. The molecule has 14 heteroatoms. The number of aliphatic hydroxyl groups is 1. The van der Waals surface area contributed by atoms with Gasteiger partial charge in [0.15, 0.2) is 6.04 Å². The molecule has 1 aromatic heterocycles. The first-order valence-electron chi connectivity index (χ1n) is 9.25. The molecule has 10 N–H and O–H groups in total. The fourth-order valence-electron chi connectivity index (χ4n) is 2.46. The smallest absolute Gasteiger partial charge is 0.328 e. The van der Waals surface area contributed by atoms with Gasteiger partial charge >= 0.3 is 5.97 Å². The first-order valence-corrected chi connectivity index (χ1v) is 9.25. The Balaban J connectivity index is 2.86. The molecular formula is C17H27N7O7. The molecule has 1 rings (SSSR count). The van der Waals surface area contributed by atoms with Gasteiger partial charge in [-0.25, -0.2) is 9.78 Å². The number of nitrogens with one attached hydrogen (secondary N) is 4. The van der Waals surface area contributed by atoms with Crippen molar-refractivity contribution >= 4 is 29.6 Å². The fraction of sp³-hybridized carbons (Fsp3) is 0.529. The summed E-state index contributed by atoms with van der Waals surface area (Å²) in [4.78, 5) is 65.8. The van der Waals surface area contributed by atoms with Crippen LogP contribution >= 0.6 is 0 Å². The van der Waals surface area contributed by atoms with Crippen molar-refractivity contribution in [2.75, 3.05) is 0 Å². The number of amides is 4. The summed E-state index contributed by atoms with van der Waals surface area (Å²) in [5.74, 6) is -4.70. The van der Waals surface area contributed by atoms with Crippen LogP contribution in [-0.2, 0) is 30.4 Å². The Morgan fingerprint density at radius 2 is 1.74 bits per heavy atom. The molecule has 0 aliphatic heterocycles. The zero-order chi connectivity index (χ0) is 23.7. The van der Waals surface area contributed by atoms with Crippen LogP contribution in [0.15, 0.2) is 12.5 Å². The Kier molecular flexibility index (Phi) is 9.56. The number of carbonyl (C=O) groups excluding carboxylic acids is 4. The lowest BCUT2D eigenvalue weighted by Gasteiger charge is -2.23. The van der Waals surface area contributed by atoms with Gasteiger partial charge in [-0.15, -0.1) is 0 Å². The van der Waals surface area contributed by atoms with Gasteiger partial charge in [-0.3, -0.25) is 19.2 Å². The van der Waals surface area contributed by atoms with Crippen LogP contribution in [0.1, 0.15) is 26.0 Å². The van der Waals surface area contributed by atoms with E-state index in [0.717, 1.165) is 0 Å². The highest BCUT2D eigenvalue weighted by Gasteiger charge is 2.30. The molecule has 1 heterocycles. The molecule has 0 fully saturated rings. The molecule has 0 spiro atoms. The van der Waals surface area contributed by atoms with E-state index >= 15 is 0 Å². The zero-order valence-electron chi connectivity index (χ0n) is 17.0. The molecule has 172 valence electrons. The summed E-state index contributed by atoms with van der Waals surface area (Å²) < 4.78 is 0. The van der Waals surface area contributed by atoms with Crippen molar-refractivity contribution in [3.63, 3.8) is 0 Å². The predicted octanol–water partition coefficient (Wildman–Crippen LogP) is -3.91. The maximum absolute atomic E-state index is 12.7. The molecular weight excluding hydrogens is 414 g/mol. The molecule has 0 saturated carbocycles. The molecule has 1 aromatic rings. The highest BCUT2D eigenvalue weighted by molar-refractivity contribution is 5.95. The van der Waals surface area contributed by atoms with Crippen LogP contribution < -0.4 is 27.4 Å². The van der Waals surface area contributed by atoms with Gasteiger partial charge in [-0.1, -0.05) is 0 Å². The van der Waals surface area contributed by atoms with Crippen LogP contribution in [0.2, 0.25) is 0 Å². The Morgan fingerprint density at radius 1 is 1.10 bits per heavy atom. The minimum atomic E-state index is -1.57. The number of aliphatic carboxylic acids is 1. The number of carboxylic acids is 1. The topological polar surface area (TPSA) is 243 Å². The number of H-pyrrole nitrogens is 1. The van der Waals surface area contributed by atoms with Gasteiger partial charge in [0.1, 0.15) is 12.1 Å². The Labute approximate surface area is 177 Å². The van der Waals surface area contributed by atoms with Crippen molar-refractivity contribution in [1.29, 1.82) is 0 Å².